The van der Waals surface area contributed by atoms with Crippen molar-refractivity contribution in [1.82, 2.24) is 0 Å². The zero-order valence-electron chi connectivity index (χ0n) is 14.1. The van der Waals surface area contributed by atoms with Crippen LogP contribution in [0.5, 0.6) is 0 Å². The second-order valence-corrected chi connectivity index (χ2v) is 7.21. The first-order valence-corrected chi connectivity index (χ1v) is 9.41. The number of benzene rings is 2. The molecule has 0 bridgehead atoms. The molecule has 0 heterocycles. The smallest absolute Gasteiger partial charge is 0.199 e. The molecule has 2 aromatic rings. The quantitative estimate of drug-likeness (QED) is 0.471. The van der Waals surface area contributed by atoms with Crippen LogP contribution in [0.1, 0.15) is 12.5 Å². The molecular weight excluding hydrogens is 346 g/mol. The second kappa shape index (κ2) is 7.84. The van der Waals surface area contributed by atoms with E-state index < -0.39 is 10.0 Å². The third-order valence-corrected chi connectivity index (χ3v) is 4.92. The van der Waals surface area contributed by atoms with Crippen LogP contribution in [0.4, 0.5) is 0 Å². The van der Waals surface area contributed by atoms with Crippen molar-refractivity contribution in [3.63, 3.8) is 0 Å². The average Bonchev–Trinajstić information content (AvgIpc) is 2.65. The number of hydrogen-bond acceptors (Lipinski definition) is 4. The Hall–Kier alpha value is -3.12. The minimum absolute atomic E-state index is 0.167. The first-order valence-electron chi connectivity index (χ1n) is 7.97. The molecule has 0 aliphatic heterocycles. The van der Waals surface area contributed by atoms with E-state index in [-0.39, 0.29) is 4.90 Å². The molecule has 1 aliphatic rings. The van der Waals surface area contributed by atoms with Crippen LogP contribution in [-0.2, 0) is 10.0 Å². The van der Waals surface area contributed by atoms with Gasteiger partial charge in [-0.2, -0.15) is 23.0 Å². The SMILES string of the molecule is CC1=CC(=NN=Cc2ccccc2)C=CC1=NS(=O)(=O)c1ccccc1. The van der Waals surface area contributed by atoms with Crippen LogP contribution in [0.15, 0.2) is 104 Å². The van der Waals surface area contributed by atoms with E-state index in [1.54, 1.807) is 49.6 Å². The van der Waals surface area contributed by atoms with Crippen LogP contribution < -0.4 is 0 Å². The van der Waals surface area contributed by atoms with Gasteiger partial charge in [-0.15, -0.1) is 0 Å². The van der Waals surface area contributed by atoms with Gasteiger partial charge in [0.25, 0.3) is 10.0 Å². The van der Waals surface area contributed by atoms with E-state index in [2.05, 4.69) is 14.6 Å². The molecule has 0 unspecified atom stereocenters. The van der Waals surface area contributed by atoms with Gasteiger partial charge in [-0.1, -0.05) is 48.5 Å². The molecule has 0 saturated carbocycles. The summed E-state index contributed by atoms with van der Waals surface area (Å²) in [5, 5.41) is 8.19. The van der Waals surface area contributed by atoms with Crippen LogP contribution in [0.3, 0.4) is 0 Å². The van der Waals surface area contributed by atoms with Crippen molar-refractivity contribution in [1.29, 1.82) is 0 Å². The molecule has 3 rings (SSSR count). The van der Waals surface area contributed by atoms with Crippen molar-refractivity contribution < 1.29 is 8.42 Å². The molecule has 0 fully saturated rings. The van der Waals surface area contributed by atoms with E-state index in [1.807, 2.05) is 30.3 Å². The van der Waals surface area contributed by atoms with Crippen LogP contribution in [0, 0.1) is 0 Å². The lowest BCUT2D eigenvalue weighted by molar-refractivity contribution is 0.598. The topological polar surface area (TPSA) is 71.2 Å². The summed E-state index contributed by atoms with van der Waals surface area (Å²) in [5.74, 6) is 0. The van der Waals surface area contributed by atoms with Crippen molar-refractivity contribution >= 4 is 27.7 Å². The number of allylic oxidation sites excluding steroid dienone is 4. The molecule has 0 aromatic heterocycles. The first kappa shape index (κ1) is 17.7. The first-order chi connectivity index (χ1) is 12.5. The normalized spacial score (nSPS) is 17.8. The molecule has 0 spiro atoms. The van der Waals surface area contributed by atoms with Gasteiger partial charge in [0.2, 0.25) is 0 Å². The Kier molecular flexibility index (Phi) is 5.34. The molecule has 2 aromatic carbocycles. The molecule has 0 N–H and O–H groups in total. The molecule has 6 heteroatoms. The van der Waals surface area contributed by atoms with Gasteiger partial charge >= 0.3 is 0 Å². The summed E-state index contributed by atoms with van der Waals surface area (Å²) in [6.45, 7) is 1.79. The summed E-state index contributed by atoms with van der Waals surface area (Å²) in [6, 6.07) is 17.8. The van der Waals surface area contributed by atoms with Gasteiger partial charge in [0.1, 0.15) is 0 Å². The van der Waals surface area contributed by atoms with E-state index in [0.29, 0.717) is 17.0 Å². The number of nitrogens with zero attached hydrogens (tertiary/aromatic N) is 3. The summed E-state index contributed by atoms with van der Waals surface area (Å²) in [4.78, 5) is 0.167. The van der Waals surface area contributed by atoms with Crippen molar-refractivity contribution in [2.24, 2.45) is 14.6 Å². The minimum Gasteiger partial charge on any atom is -0.199 e. The van der Waals surface area contributed by atoms with Crippen molar-refractivity contribution in [2.45, 2.75) is 11.8 Å². The van der Waals surface area contributed by atoms with Gasteiger partial charge in [-0.25, -0.2) is 0 Å². The third-order valence-electron chi connectivity index (χ3n) is 3.62. The van der Waals surface area contributed by atoms with Crippen LogP contribution >= 0.6 is 0 Å². The molecular formula is C20H17N3O2S. The second-order valence-electron chi connectivity index (χ2n) is 5.61. The highest BCUT2D eigenvalue weighted by molar-refractivity contribution is 7.90. The monoisotopic (exact) mass is 363 g/mol. The maximum atomic E-state index is 12.4. The zero-order chi connectivity index (χ0) is 18.4. The molecule has 0 atom stereocenters. The summed E-state index contributed by atoms with van der Waals surface area (Å²) in [5.41, 5.74) is 2.68. The van der Waals surface area contributed by atoms with Crippen LogP contribution in [0.2, 0.25) is 0 Å². The molecule has 5 nitrogen and oxygen atoms in total. The lowest BCUT2D eigenvalue weighted by Crippen LogP contribution is -2.09. The lowest BCUT2D eigenvalue weighted by atomic mass is 10.0. The van der Waals surface area contributed by atoms with Gasteiger partial charge in [0, 0.05) is 0 Å². The Labute approximate surface area is 152 Å². The fourth-order valence-electron chi connectivity index (χ4n) is 2.28. The van der Waals surface area contributed by atoms with E-state index in [4.69, 9.17) is 0 Å². The Morgan fingerprint density at radius 2 is 1.54 bits per heavy atom. The summed E-state index contributed by atoms with van der Waals surface area (Å²) in [6.07, 6.45) is 6.73. The zero-order valence-corrected chi connectivity index (χ0v) is 15.0. The molecule has 130 valence electrons. The Morgan fingerprint density at radius 3 is 2.19 bits per heavy atom. The van der Waals surface area contributed by atoms with E-state index in [1.165, 1.54) is 12.1 Å². The molecule has 26 heavy (non-hydrogen) atoms. The summed E-state index contributed by atoms with van der Waals surface area (Å²) < 4.78 is 28.6. The van der Waals surface area contributed by atoms with Gasteiger partial charge in [-0.05, 0) is 48.4 Å². The summed E-state index contributed by atoms with van der Waals surface area (Å²) >= 11 is 0. The van der Waals surface area contributed by atoms with Crippen molar-refractivity contribution in [3.05, 3.63) is 90.0 Å². The van der Waals surface area contributed by atoms with Crippen LogP contribution in [0.25, 0.3) is 0 Å². The highest BCUT2D eigenvalue weighted by Gasteiger charge is 2.15. The number of rotatable bonds is 4. The maximum Gasteiger partial charge on any atom is 0.282 e. The fourth-order valence-corrected chi connectivity index (χ4v) is 3.35. The Morgan fingerprint density at radius 1 is 0.885 bits per heavy atom. The highest BCUT2D eigenvalue weighted by atomic mass is 32.2. The molecule has 1 aliphatic carbocycles. The van der Waals surface area contributed by atoms with Gasteiger partial charge in [-0.3, -0.25) is 0 Å². The van der Waals surface area contributed by atoms with Crippen molar-refractivity contribution in [3.8, 4) is 0 Å². The van der Waals surface area contributed by atoms with E-state index in [9.17, 15) is 8.42 Å². The average molecular weight is 363 g/mol. The van der Waals surface area contributed by atoms with Gasteiger partial charge in [0.15, 0.2) is 0 Å². The van der Waals surface area contributed by atoms with Crippen molar-refractivity contribution in [2.75, 3.05) is 0 Å². The summed E-state index contributed by atoms with van der Waals surface area (Å²) in [7, 11) is -3.74. The fraction of sp³-hybridized carbons (Fsp3) is 0.0500. The van der Waals surface area contributed by atoms with Crippen LogP contribution in [-0.4, -0.2) is 26.1 Å². The highest BCUT2D eigenvalue weighted by Crippen LogP contribution is 2.15. The Bertz CT molecular complexity index is 1030. The predicted octanol–water partition coefficient (Wildman–Crippen LogP) is 3.81. The number of sulfonamides is 1. The molecule has 0 saturated heterocycles. The van der Waals surface area contributed by atoms with E-state index in [0.717, 1.165) is 5.56 Å². The van der Waals surface area contributed by atoms with Gasteiger partial charge < -0.3 is 0 Å². The molecule has 0 radical (unpaired) electrons. The minimum atomic E-state index is -3.74. The predicted molar refractivity (Wildman–Crippen MR) is 105 cm³/mol. The third kappa shape index (κ3) is 4.49. The molecule has 0 amide bonds. The standard InChI is InChI=1S/C20H17N3O2S/c1-16-14-18(22-21-15-17-8-4-2-5-9-17)12-13-20(16)23-26(24,25)19-10-6-3-7-11-19/h2-15H,1H3. The van der Waals surface area contributed by atoms with E-state index >= 15 is 0 Å². The van der Waals surface area contributed by atoms with Gasteiger partial charge in [0.05, 0.1) is 22.5 Å². The number of hydrogen-bond donors (Lipinski definition) is 0. The largest absolute Gasteiger partial charge is 0.282 e. The Balaban J connectivity index is 1.79. The lowest BCUT2D eigenvalue weighted by Gasteiger charge is -2.07. The maximum absolute atomic E-state index is 12.4.